The van der Waals surface area contributed by atoms with Crippen LogP contribution in [0.2, 0.25) is 5.02 Å². The number of rotatable bonds is 4. The number of halogens is 2. The van der Waals surface area contributed by atoms with Crippen molar-refractivity contribution in [3.05, 3.63) is 46.8 Å². The Morgan fingerprint density at radius 2 is 2.17 bits per heavy atom. The highest BCUT2D eigenvalue weighted by Gasteiger charge is 2.44. The molecule has 130 valence electrons. The Labute approximate surface area is 147 Å². The molecule has 0 unspecified atom stereocenters. The number of carbonyl (C=O) groups excluding carboxylic acids is 1. The molecule has 3 rings (SSSR count). The summed E-state index contributed by atoms with van der Waals surface area (Å²) in [6.45, 7) is 6.72. The predicted molar refractivity (Wildman–Crippen MR) is 92.1 cm³/mol. The molecule has 1 aromatic carbocycles. The lowest BCUT2D eigenvalue weighted by molar-refractivity contribution is -0.152. The molecule has 1 aliphatic carbocycles. The average Bonchev–Trinajstić information content (AvgIpc) is 2.92. The Balaban J connectivity index is 1.73. The molecule has 4 atom stereocenters. The summed E-state index contributed by atoms with van der Waals surface area (Å²) in [4.78, 5) is 14.7. The second-order valence-corrected chi connectivity index (χ2v) is 7.19. The van der Waals surface area contributed by atoms with E-state index in [4.69, 9.17) is 16.3 Å². The Kier molecular flexibility index (Phi) is 5.26. The van der Waals surface area contributed by atoms with Crippen LogP contribution in [0.15, 0.2) is 30.4 Å². The van der Waals surface area contributed by atoms with E-state index in [2.05, 4.69) is 24.0 Å². The molecule has 1 aliphatic heterocycles. The molecule has 0 saturated carbocycles. The molecule has 0 N–H and O–H groups in total. The van der Waals surface area contributed by atoms with Crippen molar-refractivity contribution in [1.82, 2.24) is 4.90 Å². The molecular formula is C19H23ClFNO2. The lowest BCUT2D eigenvalue weighted by Crippen LogP contribution is -2.37. The highest BCUT2D eigenvalue weighted by molar-refractivity contribution is 6.31. The summed E-state index contributed by atoms with van der Waals surface area (Å²) in [5.74, 6) is 0.315. The lowest BCUT2D eigenvalue weighted by Gasteiger charge is -2.32. The first kappa shape index (κ1) is 17.4. The molecule has 1 saturated heterocycles. The largest absolute Gasteiger partial charge is 0.466 e. The van der Waals surface area contributed by atoms with Gasteiger partial charge in [0.1, 0.15) is 5.82 Å². The lowest BCUT2D eigenvalue weighted by atomic mass is 9.72. The van der Waals surface area contributed by atoms with Crippen molar-refractivity contribution in [3.63, 3.8) is 0 Å². The van der Waals surface area contributed by atoms with Crippen LogP contribution in [0.1, 0.15) is 19.4 Å². The Bertz CT molecular complexity index is 648. The van der Waals surface area contributed by atoms with Gasteiger partial charge in [-0.2, -0.15) is 0 Å². The first-order valence-electron chi connectivity index (χ1n) is 8.50. The smallest absolute Gasteiger partial charge is 0.309 e. The molecule has 0 amide bonds. The number of nitrogens with zero attached hydrogens (tertiary/aromatic N) is 1. The summed E-state index contributed by atoms with van der Waals surface area (Å²) in [7, 11) is 0. The van der Waals surface area contributed by atoms with E-state index in [0.717, 1.165) is 18.7 Å². The fraction of sp³-hybridized carbons (Fsp3) is 0.526. The third-order valence-corrected chi connectivity index (χ3v) is 5.50. The van der Waals surface area contributed by atoms with E-state index in [1.807, 2.05) is 6.92 Å². The summed E-state index contributed by atoms with van der Waals surface area (Å²) in [5.41, 5.74) is 0.918. The van der Waals surface area contributed by atoms with E-state index in [9.17, 15) is 9.18 Å². The molecule has 5 heteroatoms. The minimum Gasteiger partial charge on any atom is -0.466 e. The number of esters is 1. The molecule has 0 aromatic heterocycles. The Morgan fingerprint density at radius 3 is 2.88 bits per heavy atom. The van der Waals surface area contributed by atoms with Gasteiger partial charge in [0.15, 0.2) is 0 Å². The number of fused-ring (bicyclic) bond motifs is 1. The van der Waals surface area contributed by atoms with Crippen molar-refractivity contribution in [3.8, 4) is 0 Å². The molecule has 2 aliphatic rings. The van der Waals surface area contributed by atoms with Gasteiger partial charge in [0, 0.05) is 24.7 Å². The van der Waals surface area contributed by atoms with Crippen LogP contribution in [0.5, 0.6) is 0 Å². The van der Waals surface area contributed by atoms with Crippen molar-refractivity contribution < 1.29 is 13.9 Å². The second-order valence-electron chi connectivity index (χ2n) is 6.78. The van der Waals surface area contributed by atoms with Crippen molar-refractivity contribution in [2.24, 2.45) is 23.7 Å². The van der Waals surface area contributed by atoms with E-state index < -0.39 is 0 Å². The zero-order valence-corrected chi connectivity index (χ0v) is 14.8. The maximum absolute atomic E-state index is 13.2. The molecule has 0 bridgehead atoms. The van der Waals surface area contributed by atoms with E-state index >= 15 is 0 Å². The summed E-state index contributed by atoms with van der Waals surface area (Å²) in [6.07, 6.45) is 4.37. The van der Waals surface area contributed by atoms with Crippen LogP contribution in [-0.2, 0) is 16.1 Å². The third kappa shape index (κ3) is 3.50. The van der Waals surface area contributed by atoms with E-state index in [1.54, 1.807) is 6.07 Å². The van der Waals surface area contributed by atoms with Gasteiger partial charge in [0.05, 0.1) is 12.5 Å². The quantitative estimate of drug-likeness (QED) is 0.608. The standard InChI is InChI=1S/C19H23ClFNO2/c1-3-24-19(23)18-12(2)4-5-13-9-22(11-16(13)18)10-14-6-7-15(21)8-17(14)20/h4-8,12-13,16,18H,3,9-11H2,1-2H3/t12-,13-,16-,18-/m0/s1. The monoisotopic (exact) mass is 351 g/mol. The molecule has 0 spiro atoms. The zero-order chi connectivity index (χ0) is 17.3. The number of likely N-dealkylation sites (tertiary alicyclic amines) is 1. The molecule has 1 heterocycles. The van der Waals surface area contributed by atoms with E-state index in [1.165, 1.54) is 12.1 Å². The molecule has 0 radical (unpaired) electrons. The topological polar surface area (TPSA) is 29.5 Å². The first-order valence-corrected chi connectivity index (χ1v) is 8.88. The Morgan fingerprint density at radius 1 is 1.38 bits per heavy atom. The van der Waals surface area contributed by atoms with Gasteiger partial charge >= 0.3 is 5.97 Å². The normalized spacial score (nSPS) is 29.5. The van der Waals surface area contributed by atoms with Gasteiger partial charge in [0.25, 0.3) is 0 Å². The zero-order valence-electron chi connectivity index (χ0n) is 14.0. The third-order valence-electron chi connectivity index (χ3n) is 5.15. The SMILES string of the molecule is CCOC(=O)[C@@H]1[C@H]2CN(Cc3ccc(F)cc3Cl)C[C@@H]2C=C[C@@H]1C. The van der Waals surface area contributed by atoms with Crippen LogP contribution in [0, 0.1) is 29.5 Å². The van der Waals surface area contributed by atoms with Crippen LogP contribution in [-0.4, -0.2) is 30.6 Å². The summed E-state index contributed by atoms with van der Waals surface area (Å²) in [6, 6.07) is 4.53. The van der Waals surface area contributed by atoms with Crippen molar-refractivity contribution >= 4 is 17.6 Å². The number of allylic oxidation sites excluding steroid dienone is 1. The molecule has 3 nitrogen and oxygen atoms in total. The summed E-state index contributed by atoms with van der Waals surface area (Å²) >= 11 is 6.15. The van der Waals surface area contributed by atoms with E-state index in [0.29, 0.717) is 24.1 Å². The number of carbonyl (C=O) groups is 1. The van der Waals surface area contributed by atoms with Crippen LogP contribution in [0.4, 0.5) is 4.39 Å². The van der Waals surface area contributed by atoms with Crippen molar-refractivity contribution in [2.75, 3.05) is 19.7 Å². The van der Waals surface area contributed by atoms with Crippen molar-refractivity contribution in [2.45, 2.75) is 20.4 Å². The highest BCUT2D eigenvalue weighted by atomic mass is 35.5. The maximum Gasteiger partial charge on any atom is 0.309 e. The van der Waals surface area contributed by atoms with Crippen LogP contribution >= 0.6 is 11.6 Å². The highest BCUT2D eigenvalue weighted by Crippen LogP contribution is 2.40. The number of benzene rings is 1. The second kappa shape index (κ2) is 7.24. The molecule has 1 aromatic rings. The fourth-order valence-corrected chi connectivity index (χ4v) is 4.23. The predicted octanol–water partition coefficient (Wildman–Crippen LogP) is 3.91. The van der Waals surface area contributed by atoms with Crippen LogP contribution in [0.25, 0.3) is 0 Å². The number of hydrogen-bond acceptors (Lipinski definition) is 3. The maximum atomic E-state index is 13.2. The van der Waals surface area contributed by atoms with Gasteiger partial charge in [-0.25, -0.2) is 4.39 Å². The minimum absolute atomic E-state index is 0.0892. The Hall–Kier alpha value is -1.39. The summed E-state index contributed by atoms with van der Waals surface area (Å²) in [5, 5.41) is 0.454. The van der Waals surface area contributed by atoms with Crippen molar-refractivity contribution in [1.29, 1.82) is 0 Å². The van der Waals surface area contributed by atoms with Gasteiger partial charge in [-0.15, -0.1) is 0 Å². The molecule has 1 fully saturated rings. The van der Waals surface area contributed by atoms with Gasteiger partial charge in [0.2, 0.25) is 0 Å². The summed E-state index contributed by atoms with van der Waals surface area (Å²) < 4.78 is 18.5. The average molecular weight is 352 g/mol. The molecular weight excluding hydrogens is 329 g/mol. The minimum atomic E-state index is -0.321. The van der Waals surface area contributed by atoms with Crippen LogP contribution in [0.3, 0.4) is 0 Å². The van der Waals surface area contributed by atoms with Gasteiger partial charge < -0.3 is 4.74 Å². The number of hydrogen-bond donors (Lipinski definition) is 0. The van der Waals surface area contributed by atoms with E-state index in [-0.39, 0.29) is 29.5 Å². The fourth-order valence-electron chi connectivity index (χ4n) is 4.00. The van der Waals surface area contributed by atoms with Gasteiger partial charge in [-0.1, -0.05) is 36.7 Å². The van der Waals surface area contributed by atoms with Gasteiger partial charge in [-0.3, -0.25) is 9.69 Å². The molecule has 24 heavy (non-hydrogen) atoms. The van der Waals surface area contributed by atoms with Gasteiger partial charge in [-0.05, 0) is 42.4 Å². The van der Waals surface area contributed by atoms with Crippen LogP contribution < -0.4 is 0 Å². The number of ether oxygens (including phenoxy) is 1. The first-order chi connectivity index (χ1) is 11.5.